The fraction of sp³-hybridized carbons (Fsp3) is 0.615. The molecule has 0 radical (unpaired) electrons. The molecule has 2 heterocycles. The van der Waals surface area contributed by atoms with Gasteiger partial charge in [0.15, 0.2) is 0 Å². The Morgan fingerprint density at radius 1 is 1.50 bits per heavy atom. The molecule has 100 valence electrons. The Labute approximate surface area is 107 Å². The summed E-state index contributed by atoms with van der Waals surface area (Å²) in [5.74, 6) is 0.0884. The highest BCUT2D eigenvalue weighted by molar-refractivity contribution is 5.95. The summed E-state index contributed by atoms with van der Waals surface area (Å²) in [4.78, 5) is 16.9. The summed E-state index contributed by atoms with van der Waals surface area (Å²) >= 11 is 0. The van der Waals surface area contributed by atoms with Gasteiger partial charge in [0.2, 0.25) is 0 Å². The second kappa shape index (κ2) is 6.02. The monoisotopic (exact) mass is 252 g/mol. The average Bonchev–Trinajstić information content (AvgIpc) is 2.72. The van der Waals surface area contributed by atoms with Gasteiger partial charge in [0, 0.05) is 45.3 Å². The van der Waals surface area contributed by atoms with E-state index in [1.807, 2.05) is 17.9 Å². The van der Waals surface area contributed by atoms with Crippen LogP contribution in [0.3, 0.4) is 0 Å². The first-order valence-electron chi connectivity index (χ1n) is 6.26. The van der Waals surface area contributed by atoms with Crippen molar-refractivity contribution in [1.29, 1.82) is 0 Å². The summed E-state index contributed by atoms with van der Waals surface area (Å²) in [6.45, 7) is 4.71. The number of aromatic amines is 1. The van der Waals surface area contributed by atoms with Crippen molar-refractivity contribution in [2.75, 3.05) is 33.4 Å². The standard InChI is InChI=1S/C13H20N2O3/c1-10-12(4-5-14-10)13(16)15-8-11(9-15)18-7-3-6-17-2/h4-5,11,14H,3,6-9H2,1-2H3. The molecule has 0 aromatic carbocycles. The molecule has 18 heavy (non-hydrogen) atoms. The first-order valence-corrected chi connectivity index (χ1v) is 6.26. The van der Waals surface area contributed by atoms with Crippen LogP contribution >= 0.6 is 0 Å². The van der Waals surface area contributed by atoms with E-state index in [4.69, 9.17) is 9.47 Å². The van der Waals surface area contributed by atoms with Crippen LogP contribution in [0.1, 0.15) is 22.5 Å². The first-order chi connectivity index (χ1) is 8.72. The summed E-state index contributed by atoms with van der Waals surface area (Å²) in [5, 5.41) is 0. The number of carbonyl (C=O) groups excluding carboxylic acids is 1. The highest BCUT2D eigenvalue weighted by Crippen LogP contribution is 2.17. The van der Waals surface area contributed by atoms with Gasteiger partial charge in [0.05, 0.1) is 11.7 Å². The Hall–Kier alpha value is -1.33. The lowest BCUT2D eigenvalue weighted by Gasteiger charge is -2.38. The molecule has 0 atom stereocenters. The third kappa shape index (κ3) is 2.91. The lowest BCUT2D eigenvalue weighted by Crippen LogP contribution is -2.54. The molecule has 0 unspecified atom stereocenters. The number of hydrogen-bond donors (Lipinski definition) is 1. The van der Waals surface area contributed by atoms with Gasteiger partial charge in [-0.25, -0.2) is 0 Å². The van der Waals surface area contributed by atoms with E-state index < -0.39 is 0 Å². The van der Waals surface area contributed by atoms with Crippen molar-refractivity contribution < 1.29 is 14.3 Å². The van der Waals surface area contributed by atoms with Crippen LogP contribution in [0.5, 0.6) is 0 Å². The molecule has 0 aliphatic carbocycles. The molecule has 1 saturated heterocycles. The Kier molecular flexibility index (Phi) is 4.38. The van der Waals surface area contributed by atoms with Gasteiger partial charge in [-0.2, -0.15) is 0 Å². The van der Waals surface area contributed by atoms with Crippen LogP contribution in [0.25, 0.3) is 0 Å². The van der Waals surface area contributed by atoms with Crippen LogP contribution in [-0.2, 0) is 9.47 Å². The highest BCUT2D eigenvalue weighted by Gasteiger charge is 2.32. The molecule has 1 aliphatic rings. The van der Waals surface area contributed by atoms with Crippen LogP contribution in [0, 0.1) is 6.92 Å². The van der Waals surface area contributed by atoms with Crippen molar-refractivity contribution in [2.45, 2.75) is 19.4 Å². The maximum Gasteiger partial charge on any atom is 0.255 e. The van der Waals surface area contributed by atoms with Gasteiger partial charge in [-0.3, -0.25) is 4.79 Å². The molecule has 0 saturated carbocycles. The molecule has 2 rings (SSSR count). The second-order valence-corrected chi connectivity index (χ2v) is 4.57. The molecule has 1 aromatic rings. The Morgan fingerprint density at radius 2 is 2.28 bits per heavy atom. The van der Waals surface area contributed by atoms with Gasteiger partial charge in [-0.15, -0.1) is 0 Å². The van der Waals surface area contributed by atoms with Crippen LogP contribution in [0.15, 0.2) is 12.3 Å². The smallest absolute Gasteiger partial charge is 0.255 e. The van der Waals surface area contributed by atoms with E-state index >= 15 is 0 Å². The van der Waals surface area contributed by atoms with E-state index in [0.717, 1.165) is 24.3 Å². The van der Waals surface area contributed by atoms with Crippen LogP contribution in [0.2, 0.25) is 0 Å². The molecule has 1 aliphatic heterocycles. The Balaban J connectivity index is 1.69. The third-order valence-electron chi connectivity index (χ3n) is 3.17. The summed E-state index contributed by atoms with van der Waals surface area (Å²) in [6.07, 6.45) is 2.88. The lowest BCUT2D eigenvalue weighted by molar-refractivity contribution is -0.0464. The number of aryl methyl sites for hydroxylation is 1. The molecule has 1 aromatic heterocycles. The van der Waals surface area contributed by atoms with Gasteiger partial charge < -0.3 is 19.4 Å². The molecular formula is C13H20N2O3. The fourth-order valence-electron chi connectivity index (χ4n) is 2.02. The van der Waals surface area contributed by atoms with Crippen molar-refractivity contribution in [3.05, 3.63) is 23.5 Å². The van der Waals surface area contributed by atoms with Crippen molar-refractivity contribution >= 4 is 5.91 Å². The number of ether oxygens (including phenoxy) is 2. The van der Waals surface area contributed by atoms with Gasteiger partial charge >= 0.3 is 0 Å². The Bertz CT molecular complexity index is 397. The number of rotatable bonds is 6. The van der Waals surface area contributed by atoms with Crippen molar-refractivity contribution in [3.63, 3.8) is 0 Å². The third-order valence-corrected chi connectivity index (χ3v) is 3.17. The average molecular weight is 252 g/mol. The summed E-state index contributed by atoms with van der Waals surface area (Å²) in [6, 6.07) is 1.82. The number of likely N-dealkylation sites (tertiary alicyclic amines) is 1. The maximum atomic E-state index is 12.1. The second-order valence-electron chi connectivity index (χ2n) is 4.57. The van der Waals surface area contributed by atoms with E-state index in [1.165, 1.54) is 0 Å². The van der Waals surface area contributed by atoms with Crippen LogP contribution in [0.4, 0.5) is 0 Å². The minimum atomic E-state index is 0.0884. The topological polar surface area (TPSA) is 54.6 Å². The first kappa shape index (κ1) is 13.1. The van der Waals surface area contributed by atoms with E-state index in [2.05, 4.69) is 4.98 Å². The van der Waals surface area contributed by atoms with Gasteiger partial charge in [0.1, 0.15) is 0 Å². The van der Waals surface area contributed by atoms with Gasteiger partial charge in [-0.05, 0) is 19.4 Å². The molecule has 5 nitrogen and oxygen atoms in total. The summed E-state index contributed by atoms with van der Waals surface area (Å²) < 4.78 is 10.6. The van der Waals surface area contributed by atoms with Crippen LogP contribution in [-0.4, -0.2) is 55.3 Å². The van der Waals surface area contributed by atoms with Crippen molar-refractivity contribution in [3.8, 4) is 0 Å². The van der Waals surface area contributed by atoms with Gasteiger partial charge in [-0.1, -0.05) is 0 Å². The highest BCUT2D eigenvalue weighted by atomic mass is 16.5. The molecule has 1 N–H and O–H groups in total. The molecule has 0 bridgehead atoms. The zero-order valence-corrected chi connectivity index (χ0v) is 10.9. The number of amides is 1. The molecule has 5 heteroatoms. The predicted octanol–water partition coefficient (Wildman–Crippen LogP) is 1.20. The molecule has 1 amide bonds. The molecular weight excluding hydrogens is 232 g/mol. The summed E-state index contributed by atoms with van der Waals surface area (Å²) in [5.41, 5.74) is 1.68. The normalized spacial score (nSPS) is 15.8. The fourth-order valence-corrected chi connectivity index (χ4v) is 2.02. The zero-order chi connectivity index (χ0) is 13.0. The number of aromatic nitrogens is 1. The molecule has 0 spiro atoms. The number of hydrogen-bond acceptors (Lipinski definition) is 3. The quantitative estimate of drug-likeness (QED) is 0.774. The number of nitrogens with one attached hydrogen (secondary N) is 1. The largest absolute Gasteiger partial charge is 0.385 e. The van der Waals surface area contributed by atoms with Crippen molar-refractivity contribution in [1.82, 2.24) is 9.88 Å². The van der Waals surface area contributed by atoms with E-state index in [-0.39, 0.29) is 12.0 Å². The maximum absolute atomic E-state index is 12.1. The van der Waals surface area contributed by atoms with Gasteiger partial charge in [0.25, 0.3) is 5.91 Å². The number of H-pyrrole nitrogens is 1. The minimum Gasteiger partial charge on any atom is -0.385 e. The minimum absolute atomic E-state index is 0.0884. The number of nitrogens with zero attached hydrogens (tertiary/aromatic N) is 1. The predicted molar refractivity (Wildman–Crippen MR) is 67.7 cm³/mol. The SMILES string of the molecule is COCCCOC1CN(C(=O)c2cc[nH]c2C)C1. The number of carbonyl (C=O) groups is 1. The van der Waals surface area contributed by atoms with Crippen LogP contribution < -0.4 is 0 Å². The molecule has 1 fully saturated rings. The lowest BCUT2D eigenvalue weighted by atomic mass is 10.1. The summed E-state index contributed by atoms with van der Waals surface area (Å²) in [7, 11) is 1.68. The van der Waals surface area contributed by atoms with E-state index in [9.17, 15) is 4.79 Å². The number of methoxy groups -OCH3 is 1. The van der Waals surface area contributed by atoms with E-state index in [1.54, 1.807) is 13.3 Å². The Morgan fingerprint density at radius 3 is 2.89 bits per heavy atom. The van der Waals surface area contributed by atoms with Crippen molar-refractivity contribution in [2.24, 2.45) is 0 Å². The zero-order valence-electron chi connectivity index (χ0n) is 10.9. The van der Waals surface area contributed by atoms with E-state index in [0.29, 0.717) is 19.7 Å².